The highest BCUT2D eigenvalue weighted by Gasteiger charge is 2.27. The van der Waals surface area contributed by atoms with Gasteiger partial charge in [-0.3, -0.25) is 4.79 Å². The van der Waals surface area contributed by atoms with Crippen LogP contribution in [0.25, 0.3) is 0 Å². The summed E-state index contributed by atoms with van der Waals surface area (Å²) in [7, 11) is 0. The molecule has 0 saturated heterocycles. The first kappa shape index (κ1) is 17.2. The van der Waals surface area contributed by atoms with Gasteiger partial charge >= 0.3 is 5.97 Å². The summed E-state index contributed by atoms with van der Waals surface area (Å²) in [6.45, 7) is 2.28. The number of carbonyl (C=O) groups is 1. The van der Waals surface area contributed by atoms with E-state index in [0.29, 0.717) is 18.4 Å². The molecule has 3 rings (SSSR count). The van der Waals surface area contributed by atoms with Crippen LogP contribution in [0.1, 0.15) is 32.6 Å². The van der Waals surface area contributed by atoms with E-state index in [1.54, 1.807) is 12.3 Å². The molecule has 6 nitrogen and oxygen atoms in total. The topological polar surface area (TPSA) is 73.3 Å². The maximum atomic E-state index is 11.8. The van der Waals surface area contributed by atoms with E-state index in [4.69, 9.17) is 9.47 Å². The standard InChI is InChI=1S/C19H23N3O3/c1-2-24-18(23)14-8-10-15(11-9-14)21-19-20-13-12-17(22-19)25-16-6-4-3-5-7-16/h3-7,12-15H,2,8-11H2,1H3,(H,20,21,22). The fraction of sp³-hybridized carbons (Fsp3) is 0.421. The quantitative estimate of drug-likeness (QED) is 0.806. The molecule has 0 amide bonds. The fourth-order valence-corrected chi connectivity index (χ4v) is 2.99. The molecule has 0 unspecified atom stereocenters. The Morgan fingerprint density at radius 3 is 2.64 bits per heavy atom. The van der Waals surface area contributed by atoms with E-state index in [-0.39, 0.29) is 17.9 Å². The summed E-state index contributed by atoms with van der Waals surface area (Å²) < 4.78 is 10.8. The first-order chi connectivity index (χ1) is 12.2. The molecule has 1 aliphatic rings. The van der Waals surface area contributed by atoms with Crippen LogP contribution >= 0.6 is 0 Å². The van der Waals surface area contributed by atoms with Crippen LogP contribution in [0.2, 0.25) is 0 Å². The maximum Gasteiger partial charge on any atom is 0.308 e. The van der Waals surface area contributed by atoms with Gasteiger partial charge in [-0.25, -0.2) is 4.98 Å². The number of nitrogens with one attached hydrogen (secondary N) is 1. The van der Waals surface area contributed by atoms with Gasteiger partial charge in [-0.05, 0) is 44.7 Å². The number of ether oxygens (including phenoxy) is 2. The molecule has 25 heavy (non-hydrogen) atoms. The lowest BCUT2D eigenvalue weighted by molar-refractivity contribution is -0.149. The number of hydrogen-bond donors (Lipinski definition) is 1. The summed E-state index contributed by atoms with van der Waals surface area (Å²) >= 11 is 0. The minimum atomic E-state index is -0.0736. The van der Waals surface area contributed by atoms with E-state index >= 15 is 0 Å². The van der Waals surface area contributed by atoms with Crippen molar-refractivity contribution in [1.82, 2.24) is 9.97 Å². The van der Waals surface area contributed by atoms with Crippen LogP contribution in [0.3, 0.4) is 0 Å². The highest BCUT2D eigenvalue weighted by molar-refractivity contribution is 5.72. The van der Waals surface area contributed by atoms with E-state index in [1.807, 2.05) is 37.3 Å². The predicted molar refractivity (Wildman–Crippen MR) is 94.5 cm³/mol. The lowest BCUT2D eigenvalue weighted by Gasteiger charge is -2.27. The summed E-state index contributed by atoms with van der Waals surface area (Å²) in [5, 5.41) is 3.34. The smallest absolute Gasteiger partial charge is 0.308 e. The second kappa shape index (κ2) is 8.46. The second-order valence-corrected chi connectivity index (χ2v) is 6.08. The summed E-state index contributed by atoms with van der Waals surface area (Å²) in [6, 6.07) is 11.5. The molecular weight excluding hydrogens is 318 g/mol. The van der Waals surface area contributed by atoms with Crippen LogP contribution in [0, 0.1) is 5.92 Å². The highest BCUT2D eigenvalue weighted by atomic mass is 16.5. The summed E-state index contributed by atoms with van der Waals surface area (Å²) in [6.07, 6.45) is 5.14. The van der Waals surface area contributed by atoms with Crippen molar-refractivity contribution in [2.24, 2.45) is 5.92 Å². The molecule has 1 fully saturated rings. The van der Waals surface area contributed by atoms with E-state index in [1.165, 1.54) is 0 Å². The van der Waals surface area contributed by atoms with Gasteiger partial charge in [0.2, 0.25) is 11.8 Å². The van der Waals surface area contributed by atoms with E-state index in [0.717, 1.165) is 31.4 Å². The number of rotatable bonds is 6. The Morgan fingerprint density at radius 1 is 1.16 bits per heavy atom. The number of benzene rings is 1. The van der Waals surface area contributed by atoms with Crippen molar-refractivity contribution in [2.75, 3.05) is 11.9 Å². The monoisotopic (exact) mass is 341 g/mol. The number of carbonyl (C=O) groups excluding carboxylic acids is 1. The molecular formula is C19H23N3O3. The zero-order chi connectivity index (χ0) is 17.5. The summed E-state index contributed by atoms with van der Waals surface area (Å²) in [4.78, 5) is 20.5. The molecule has 1 heterocycles. The normalized spacial score (nSPS) is 19.9. The zero-order valence-corrected chi connectivity index (χ0v) is 14.4. The minimum absolute atomic E-state index is 0.0201. The SMILES string of the molecule is CCOC(=O)C1CCC(Nc2nccc(Oc3ccccc3)n2)CC1. The van der Waals surface area contributed by atoms with Crippen molar-refractivity contribution in [3.63, 3.8) is 0 Å². The molecule has 0 aliphatic heterocycles. The van der Waals surface area contributed by atoms with Crippen LogP contribution in [0.5, 0.6) is 11.6 Å². The van der Waals surface area contributed by atoms with Crippen molar-refractivity contribution in [3.8, 4) is 11.6 Å². The molecule has 0 atom stereocenters. The third-order valence-electron chi connectivity index (χ3n) is 4.28. The number of anilines is 1. The molecule has 0 spiro atoms. The Kier molecular flexibility index (Phi) is 5.82. The average Bonchev–Trinajstić information content (AvgIpc) is 2.64. The van der Waals surface area contributed by atoms with Crippen molar-refractivity contribution in [1.29, 1.82) is 0 Å². The molecule has 2 aromatic rings. The van der Waals surface area contributed by atoms with Crippen molar-refractivity contribution >= 4 is 11.9 Å². The average molecular weight is 341 g/mol. The zero-order valence-electron chi connectivity index (χ0n) is 14.4. The van der Waals surface area contributed by atoms with Gasteiger partial charge in [0.1, 0.15) is 5.75 Å². The lowest BCUT2D eigenvalue weighted by Crippen LogP contribution is -2.30. The summed E-state index contributed by atoms with van der Waals surface area (Å²) in [5.41, 5.74) is 0. The van der Waals surface area contributed by atoms with E-state index in [2.05, 4.69) is 15.3 Å². The van der Waals surface area contributed by atoms with Gasteiger partial charge in [0, 0.05) is 18.3 Å². The molecule has 6 heteroatoms. The minimum Gasteiger partial charge on any atom is -0.466 e. The van der Waals surface area contributed by atoms with Crippen molar-refractivity contribution in [3.05, 3.63) is 42.6 Å². The van der Waals surface area contributed by atoms with E-state index in [9.17, 15) is 4.79 Å². The molecule has 132 valence electrons. The Morgan fingerprint density at radius 2 is 1.92 bits per heavy atom. The number of hydrogen-bond acceptors (Lipinski definition) is 6. The predicted octanol–water partition coefficient (Wildman–Crippen LogP) is 3.80. The molecule has 1 saturated carbocycles. The number of esters is 1. The van der Waals surface area contributed by atoms with Crippen LogP contribution in [0.4, 0.5) is 5.95 Å². The summed E-state index contributed by atoms with van der Waals surface area (Å²) in [5.74, 6) is 1.74. The van der Waals surface area contributed by atoms with Gasteiger partial charge < -0.3 is 14.8 Å². The van der Waals surface area contributed by atoms with E-state index < -0.39 is 0 Å². The van der Waals surface area contributed by atoms with Gasteiger partial charge in [-0.15, -0.1) is 0 Å². The van der Waals surface area contributed by atoms with Crippen LogP contribution in [-0.2, 0) is 9.53 Å². The van der Waals surface area contributed by atoms with Gasteiger partial charge in [-0.2, -0.15) is 4.98 Å². The fourth-order valence-electron chi connectivity index (χ4n) is 2.99. The molecule has 1 N–H and O–H groups in total. The number of aromatic nitrogens is 2. The van der Waals surface area contributed by atoms with Gasteiger partial charge in [0.25, 0.3) is 0 Å². The first-order valence-corrected chi connectivity index (χ1v) is 8.73. The van der Waals surface area contributed by atoms with Crippen molar-refractivity contribution < 1.29 is 14.3 Å². The van der Waals surface area contributed by atoms with Gasteiger partial charge in [0.05, 0.1) is 12.5 Å². The van der Waals surface area contributed by atoms with Crippen LogP contribution in [0.15, 0.2) is 42.6 Å². The van der Waals surface area contributed by atoms with Crippen LogP contribution in [-0.4, -0.2) is 28.6 Å². The third-order valence-corrected chi connectivity index (χ3v) is 4.28. The largest absolute Gasteiger partial charge is 0.466 e. The number of nitrogens with zero attached hydrogens (tertiary/aromatic N) is 2. The molecule has 0 bridgehead atoms. The Labute approximate surface area is 147 Å². The Hall–Kier alpha value is -2.63. The number of para-hydroxylation sites is 1. The lowest BCUT2D eigenvalue weighted by atomic mass is 9.86. The molecule has 1 aromatic carbocycles. The first-order valence-electron chi connectivity index (χ1n) is 8.73. The highest BCUT2D eigenvalue weighted by Crippen LogP contribution is 2.27. The van der Waals surface area contributed by atoms with Gasteiger partial charge in [-0.1, -0.05) is 18.2 Å². The van der Waals surface area contributed by atoms with Crippen LogP contribution < -0.4 is 10.1 Å². The molecule has 1 aliphatic carbocycles. The third kappa shape index (κ3) is 4.92. The Bertz CT molecular complexity index is 685. The second-order valence-electron chi connectivity index (χ2n) is 6.08. The van der Waals surface area contributed by atoms with Gasteiger partial charge in [0.15, 0.2) is 0 Å². The molecule has 1 aromatic heterocycles. The Balaban J connectivity index is 1.54. The van der Waals surface area contributed by atoms with Crippen molar-refractivity contribution in [2.45, 2.75) is 38.6 Å². The molecule has 0 radical (unpaired) electrons. The maximum absolute atomic E-state index is 11.8.